The number of carbonyl (C=O) groups is 2. The zero-order valence-corrected chi connectivity index (χ0v) is 22.8. The molecule has 1 heterocycles. The van der Waals surface area contributed by atoms with Gasteiger partial charge in [0.1, 0.15) is 4.90 Å². The van der Waals surface area contributed by atoms with Crippen LogP contribution in [0.2, 0.25) is 5.02 Å². The molecule has 3 aromatic rings. The third-order valence-corrected chi connectivity index (χ3v) is 7.97. The molecule has 0 unspecified atom stereocenters. The molecular formula is C25H19BrClNO6S2. The summed E-state index contributed by atoms with van der Waals surface area (Å²) in [6.07, 6.45) is 1.55. The highest BCUT2D eigenvalue weighted by Gasteiger charge is 2.35. The number of hydrogen-bond donors (Lipinski definition) is 0. The quantitative estimate of drug-likeness (QED) is 0.213. The molecule has 0 aliphatic carbocycles. The molecule has 36 heavy (non-hydrogen) atoms. The summed E-state index contributed by atoms with van der Waals surface area (Å²) < 4.78 is 36.8. The highest BCUT2D eigenvalue weighted by Crippen LogP contribution is 2.41. The molecule has 7 nitrogen and oxygen atoms in total. The smallest absolute Gasteiger partial charge is 0.339 e. The van der Waals surface area contributed by atoms with Crippen LogP contribution in [0.25, 0.3) is 6.08 Å². The van der Waals surface area contributed by atoms with Crippen LogP contribution in [0, 0.1) is 0 Å². The van der Waals surface area contributed by atoms with Crippen molar-refractivity contribution < 1.29 is 26.9 Å². The number of amides is 2. The van der Waals surface area contributed by atoms with Gasteiger partial charge in [-0.05, 0) is 88.2 Å². The maximum atomic E-state index is 12.9. The third-order valence-electron chi connectivity index (χ3n) is 4.98. The van der Waals surface area contributed by atoms with Gasteiger partial charge in [0.15, 0.2) is 11.5 Å². The Labute approximate surface area is 226 Å². The predicted octanol–water partition coefficient (Wildman–Crippen LogP) is 6.51. The third kappa shape index (κ3) is 5.95. The van der Waals surface area contributed by atoms with Gasteiger partial charge < -0.3 is 8.92 Å². The van der Waals surface area contributed by atoms with Gasteiger partial charge in [-0.2, -0.15) is 8.42 Å². The Morgan fingerprint density at radius 2 is 1.75 bits per heavy atom. The van der Waals surface area contributed by atoms with Gasteiger partial charge in [0.2, 0.25) is 0 Å². The first-order valence-corrected chi connectivity index (χ1v) is 14.0. The number of rotatable bonds is 8. The minimum atomic E-state index is -4.11. The van der Waals surface area contributed by atoms with E-state index in [-0.39, 0.29) is 39.7 Å². The maximum Gasteiger partial charge on any atom is 0.339 e. The zero-order chi connectivity index (χ0) is 25.9. The number of hydrogen-bond acceptors (Lipinski definition) is 7. The van der Waals surface area contributed by atoms with E-state index in [1.54, 1.807) is 67.6 Å². The lowest BCUT2D eigenvalue weighted by Gasteiger charge is -2.15. The van der Waals surface area contributed by atoms with E-state index in [2.05, 4.69) is 15.9 Å². The second-order valence-electron chi connectivity index (χ2n) is 7.51. The van der Waals surface area contributed by atoms with Gasteiger partial charge in [0.25, 0.3) is 11.1 Å². The van der Waals surface area contributed by atoms with Crippen LogP contribution >= 0.6 is 39.3 Å². The molecule has 0 N–H and O–H groups in total. The Hall–Kier alpha value is -2.79. The molecule has 4 rings (SSSR count). The Bertz CT molecular complexity index is 1440. The number of benzene rings is 3. The fourth-order valence-corrected chi connectivity index (χ4v) is 5.91. The molecule has 1 fully saturated rings. The SMILES string of the molecule is CCOc1cc(/C=C2\SC(=O)N(Cc3ccc(Cl)cc3)C2=O)cc(Br)c1OS(=O)(=O)c1ccccc1. The fraction of sp³-hybridized carbons (Fsp3) is 0.120. The molecule has 0 atom stereocenters. The molecule has 0 radical (unpaired) electrons. The highest BCUT2D eigenvalue weighted by atomic mass is 79.9. The first kappa shape index (κ1) is 26.3. The predicted molar refractivity (Wildman–Crippen MR) is 143 cm³/mol. The summed E-state index contributed by atoms with van der Waals surface area (Å²) in [4.78, 5) is 26.8. The number of carbonyl (C=O) groups excluding carboxylic acids is 2. The van der Waals surface area contributed by atoms with Crippen LogP contribution in [0.4, 0.5) is 4.79 Å². The molecule has 1 aliphatic heterocycles. The monoisotopic (exact) mass is 607 g/mol. The van der Waals surface area contributed by atoms with E-state index in [4.69, 9.17) is 20.5 Å². The van der Waals surface area contributed by atoms with Crippen LogP contribution in [0.15, 0.2) is 81.0 Å². The topological polar surface area (TPSA) is 90.0 Å². The molecule has 0 bridgehead atoms. The summed E-state index contributed by atoms with van der Waals surface area (Å²) in [5.41, 5.74) is 1.29. The number of thioether (sulfide) groups is 1. The molecular weight excluding hydrogens is 590 g/mol. The van der Waals surface area contributed by atoms with Crippen LogP contribution in [0.1, 0.15) is 18.1 Å². The van der Waals surface area contributed by atoms with Gasteiger partial charge in [-0.1, -0.05) is 41.9 Å². The van der Waals surface area contributed by atoms with E-state index in [9.17, 15) is 18.0 Å². The van der Waals surface area contributed by atoms with E-state index in [0.717, 1.165) is 22.2 Å². The van der Waals surface area contributed by atoms with Crippen LogP contribution in [0.5, 0.6) is 11.5 Å². The molecule has 0 aromatic heterocycles. The van der Waals surface area contributed by atoms with Gasteiger partial charge in [-0.3, -0.25) is 14.5 Å². The summed E-state index contributed by atoms with van der Waals surface area (Å²) in [6.45, 7) is 2.12. The van der Waals surface area contributed by atoms with Crippen molar-refractivity contribution in [3.05, 3.63) is 92.3 Å². The number of halogens is 2. The van der Waals surface area contributed by atoms with Crippen molar-refractivity contribution in [3.8, 4) is 11.5 Å². The summed E-state index contributed by atoms with van der Waals surface area (Å²) in [6, 6.07) is 17.8. The molecule has 0 spiro atoms. The van der Waals surface area contributed by atoms with E-state index in [1.165, 1.54) is 12.1 Å². The normalized spacial score (nSPS) is 15.0. The van der Waals surface area contributed by atoms with Crippen molar-refractivity contribution in [2.24, 2.45) is 0 Å². The fourth-order valence-electron chi connectivity index (χ4n) is 3.32. The average molecular weight is 609 g/mol. The van der Waals surface area contributed by atoms with E-state index < -0.39 is 16.0 Å². The van der Waals surface area contributed by atoms with Crippen LogP contribution in [0.3, 0.4) is 0 Å². The zero-order valence-electron chi connectivity index (χ0n) is 18.8. The molecule has 2 amide bonds. The Morgan fingerprint density at radius 3 is 2.42 bits per heavy atom. The lowest BCUT2D eigenvalue weighted by Crippen LogP contribution is -2.27. The molecule has 11 heteroatoms. The number of ether oxygens (including phenoxy) is 1. The van der Waals surface area contributed by atoms with Crippen molar-refractivity contribution in [1.82, 2.24) is 4.90 Å². The molecule has 0 saturated carbocycles. The lowest BCUT2D eigenvalue weighted by molar-refractivity contribution is -0.123. The van der Waals surface area contributed by atoms with Crippen molar-refractivity contribution in [1.29, 1.82) is 0 Å². The van der Waals surface area contributed by atoms with Gasteiger partial charge in [-0.15, -0.1) is 0 Å². The van der Waals surface area contributed by atoms with Gasteiger partial charge in [-0.25, -0.2) is 0 Å². The van der Waals surface area contributed by atoms with Crippen molar-refractivity contribution in [2.75, 3.05) is 6.61 Å². The summed E-state index contributed by atoms with van der Waals surface area (Å²) >= 11 is 10.1. The minimum absolute atomic E-state index is 0.00205. The van der Waals surface area contributed by atoms with Crippen molar-refractivity contribution in [3.63, 3.8) is 0 Å². The number of nitrogens with zero attached hydrogens (tertiary/aromatic N) is 1. The Balaban J connectivity index is 1.61. The van der Waals surface area contributed by atoms with Gasteiger partial charge in [0, 0.05) is 5.02 Å². The molecule has 186 valence electrons. The van der Waals surface area contributed by atoms with Crippen molar-refractivity contribution in [2.45, 2.75) is 18.4 Å². The standard InChI is InChI=1S/C25H19BrClNO6S2/c1-2-33-21-13-17(12-20(26)23(21)34-36(31,32)19-6-4-3-5-7-19)14-22-24(29)28(25(30)35-22)15-16-8-10-18(27)11-9-16/h3-14H,2,15H2,1H3/b22-14-. The minimum Gasteiger partial charge on any atom is -0.490 e. The first-order chi connectivity index (χ1) is 17.2. The van der Waals surface area contributed by atoms with Crippen LogP contribution < -0.4 is 8.92 Å². The second-order valence-corrected chi connectivity index (χ2v) is 11.3. The molecule has 1 aliphatic rings. The maximum absolute atomic E-state index is 12.9. The lowest BCUT2D eigenvalue weighted by atomic mass is 10.1. The van der Waals surface area contributed by atoms with Crippen molar-refractivity contribution >= 4 is 66.6 Å². The molecule has 3 aromatic carbocycles. The van der Waals surface area contributed by atoms with E-state index >= 15 is 0 Å². The molecule has 1 saturated heterocycles. The Morgan fingerprint density at radius 1 is 1.06 bits per heavy atom. The summed E-state index contributed by atoms with van der Waals surface area (Å²) in [5.74, 6) is -0.285. The number of imide groups is 1. The van der Waals surface area contributed by atoms with E-state index in [1.807, 2.05) is 0 Å². The highest BCUT2D eigenvalue weighted by molar-refractivity contribution is 9.10. The van der Waals surface area contributed by atoms with Gasteiger partial charge in [0.05, 0.1) is 22.5 Å². The van der Waals surface area contributed by atoms with E-state index in [0.29, 0.717) is 15.1 Å². The second kappa shape index (κ2) is 11.1. The first-order valence-electron chi connectivity index (χ1n) is 10.6. The largest absolute Gasteiger partial charge is 0.490 e. The Kier molecular flexibility index (Phi) is 8.09. The van der Waals surface area contributed by atoms with Crippen LogP contribution in [-0.4, -0.2) is 31.1 Å². The van der Waals surface area contributed by atoms with Crippen LogP contribution in [-0.2, 0) is 21.5 Å². The summed E-state index contributed by atoms with van der Waals surface area (Å²) in [5, 5.41) is 0.173. The van der Waals surface area contributed by atoms with Gasteiger partial charge >= 0.3 is 10.1 Å². The average Bonchev–Trinajstić information content (AvgIpc) is 3.10. The summed E-state index contributed by atoms with van der Waals surface area (Å²) in [7, 11) is -4.11.